The summed E-state index contributed by atoms with van der Waals surface area (Å²) in [4.78, 5) is 17.9. The molecule has 0 saturated carbocycles. The van der Waals surface area contributed by atoms with E-state index in [-0.39, 0.29) is 12.0 Å². The summed E-state index contributed by atoms with van der Waals surface area (Å²) in [6.45, 7) is 4.44. The Morgan fingerprint density at radius 1 is 1.28 bits per heavy atom. The van der Waals surface area contributed by atoms with Gasteiger partial charge in [0.1, 0.15) is 0 Å². The number of benzene rings is 1. The highest BCUT2D eigenvalue weighted by Gasteiger charge is 2.08. The highest BCUT2D eigenvalue weighted by Crippen LogP contribution is 2.29. The molecule has 0 N–H and O–H groups in total. The molecule has 0 saturated heterocycles. The fraction of sp³-hybridized carbons (Fsp3) is 0.300. The number of ether oxygens (including phenoxy) is 2. The first kappa shape index (κ1) is 18.5. The van der Waals surface area contributed by atoms with Crippen LogP contribution in [-0.4, -0.2) is 36.1 Å². The Morgan fingerprint density at radius 3 is 2.72 bits per heavy atom. The van der Waals surface area contributed by atoms with Crippen molar-refractivity contribution in [1.82, 2.24) is 9.88 Å². The molecule has 1 amide bonds. The van der Waals surface area contributed by atoms with E-state index in [0.29, 0.717) is 18.0 Å². The summed E-state index contributed by atoms with van der Waals surface area (Å²) in [5, 5.41) is 0. The molecule has 132 valence electrons. The first-order valence-corrected chi connectivity index (χ1v) is 8.16. The molecular formula is C20H24N2O3. The molecule has 5 heteroatoms. The van der Waals surface area contributed by atoms with Gasteiger partial charge in [-0.05, 0) is 49.2 Å². The van der Waals surface area contributed by atoms with E-state index in [1.807, 2.05) is 44.2 Å². The molecule has 0 spiro atoms. The Labute approximate surface area is 148 Å². The summed E-state index contributed by atoms with van der Waals surface area (Å²) in [6, 6.07) is 9.39. The van der Waals surface area contributed by atoms with E-state index in [1.165, 1.54) is 0 Å². The van der Waals surface area contributed by atoms with Crippen molar-refractivity contribution in [2.24, 2.45) is 0 Å². The number of pyridine rings is 1. The van der Waals surface area contributed by atoms with Crippen molar-refractivity contribution in [2.75, 3.05) is 14.2 Å². The van der Waals surface area contributed by atoms with Crippen LogP contribution in [0.2, 0.25) is 0 Å². The van der Waals surface area contributed by atoms with Crippen LogP contribution in [0.25, 0.3) is 6.08 Å². The van der Waals surface area contributed by atoms with E-state index in [4.69, 9.17) is 9.47 Å². The van der Waals surface area contributed by atoms with Crippen LogP contribution in [0.1, 0.15) is 25.0 Å². The quantitative estimate of drug-likeness (QED) is 0.723. The largest absolute Gasteiger partial charge is 0.493 e. The van der Waals surface area contributed by atoms with Gasteiger partial charge in [0.15, 0.2) is 11.5 Å². The van der Waals surface area contributed by atoms with Crippen LogP contribution in [0.3, 0.4) is 0 Å². The molecule has 0 aliphatic heterocycles. The zero-order valence-electron chi connectivity index (χ0n) is 15.1. The average molecular weight is 340 g/mol. The van der Waals surface area contributed by atoms with Crippen LogP contribution >= 0.6 is 0 Å². The zero-order valence-corrected chi connectivity index (χ0v) is 15.1. The van der Waals surface area contributed by atoms with E-state index in [9.17, 15) is 4.79 Å². The molecule has 0 bridgehead atoms. The van der Waals surface area contributed by atoms with Gasteiger partial charge in [0, 0.05) is 32.1 Å². The van der Waals surface area contributed by atoms with Gasteiger partial charge in [-0.3, -0.25) is 9.78 Å². The van der Waals surface area contributed by atoms with E-state index in [1.54, 1.807) is 43.6 Å². The van der Waals surface area contributed by atoms with Crippen molar-refractivity contribution in [2.45, 2.75) is 26.5 Å². The lowest BCUT2D eigenvalue weighted by molar-refractivity contribution is -0.125. The number of hydrogen-bond donors (Lipinski definition) is 0. The molecule has 0 aliphatic rings. The minimum Gasteiger partial charge on any atom is -0.493 e. The third-order valence-electron chi connectivity index (χ3n) is 3.49. The predicted octanol–water partition coefficient (Wildman–Crippen LogP) is 3.55. The summed E-state index contributed by atoms with van der Waals surface area (Å²) in [6.07, 6.45) is 6.85. The number of likely N-dealkylation sites (N-methyl/N-ethyl adjacent to an activating group) is 1. The Kier molecular flexibility index (Phi) is 6.57. The molecule has 2 rings (SSSR count). The van der Waals surface area contributed by atoms with Crippen molar-refractivity contribution >= 4 is 12.0 Å². The van der Waals surface area contributed by atoms with Gasteiger partial charge in [0.25, 0.3) is 0 Å². The number of amides is 1. The number of rotatable bonds is 7. The second kappa shape index (κ2) is 8.87. The lowest BCUT2D eigenvalue weighted by atomic mass is 10.2. The lowest BCUT2D eigenvalue weighted by Gasteiger charge is -2.15. The van der Waals surface area contributed by atoms with Gasteiger partial charge in [0.2, 0.25) is 5.91 Å². The summed E-state index contributed by atoms with van der Waals surface area (Å²) in [5.41, 5.74) is 1.86. The van der Waals surface area contributed by atoms with Gasteiger partial charge in [-0.15, -0.1) is 0 Å². The van der Waals surface area contributed by atoms with E-state index in [2.05, 4.69) is 4.98 Å². The zero-order chi connectivity index (χ0) is 18.2. The van der Waals surface area contributed by atoms with Gasteiger partial charge in [0.05, 0.1) is 13.2 Å². The van der Waals surface area contributed by atoms with Crippen LogP contribution in [0.15, 0.2) is 48.8 Å². The molecule has 0 radical (unpaired) electrons. The number of methoxy groups -OCH3 is 1. The van der Waals surface area contributed by atoms with E-state index >= 15 is 0 Å². The van der Waals surface area contributed by atoms with Gasteiger partial charge >= 0.3 is 0 Å². The Hall–Kier alpha value is -2.82. The molecule has 1 heterocycles. The maximum absolute atomic E-state index is 12.3. The van der Waals surface area contributed by atoms with Crippen LogP contribution < -0.4 is 9.47 Å². The molecule has 0 atom stereocenters. The van der Waals surface area contributed by atoms with Crippen molar-refractivity contribution in [1.29, 1.82) is 0 Å². The van der Waals surface area contributed by atoms with Gasteiger partial charge < -0.3 is 14.4 Å². The van der Waals surface area contributed by atoms with E-state index in [0.717, 1.165) is 11.1 Å². The third-order valence-corrected chi connectivity index (χ3v) is 3.49. The Morgan fingerprint density at radius 2 is 2.08 bits per heavy atom. The molecule has 0 unspecified atom stereocenters. The minimum absolute atomic E-state index is 0.0676. The van der Waals surface area contributed by atoms with Crippen molar-refractivity contribution in [3.05, 3.63) is 59.9 Å². The third kappa shape index (κ3) is 5.64. The number of hydrogen-bond acceptors (Lipinski definition) is 4. The molecule has 2 aromatic rings. The fourth-order valence-corrected chi connectivity index (χ4v) is 2.28. The molecule has 0 aliphatic carbocycles. The van der Waals surface area contributed by atoms with Crippen molar-refractivity contribution < 1.29 is 14.3 Å². The average Bonchev–Trinajstić information content (AvgIpc) is 2.60. The van der Waals surface area contributed by atoms with Crippen molar-refractivity contribution in [3.8, 4) is 11.5 Å². The molecule has 1 aromatic heterocycles. The fourth-order valence-electron chi connectivity index (χ4n) is 2.28. The number of carbonyl (C=O) groups is 1. The monoisotopic (exact) mass is 340 g/mol. The maximum Gasteiger partial charge on any atom is 0.246 e. The number of nitrogens with zero attached hydrogens (tertiary/aromatic N) is 2. The smallest absolute Gasteiger partial charge is 0.246 e. The summed E-state index contributed by atoms with van der Waals surface area (Å²) in [7, 11) is 3.36. The molecule has 1 aromatic carbocycles. The van der Waals surface area contributed by atoms with Gasteiger partial charge in [-0.1, -0.05) is 12.1 Å². The normalized spacial score (nSPS) is 10.9. The number of carbonyl (C=O) groups excluding carboxylic acids is 1. The lowest BCUT2D eigenvalue weighted by Crippen LogP contribution is -2.24. The van der Waals surface area contributed by atoms with Gasteiger partial charge in [-0.25, -0.2) is 0 Å². The van der Waals surface area contributed by atoms with Crippen LogP contribution in [0.5, 0.6) is 11.5 Å². The summed E-state index contributed by atoms with van der Waals surface area (Å²) < 4.78 is 11.1. The molecule has 0 fully saturated rings. The summed E-state index contributed by atoms with van der Waals surface area (Å²) in [5.74, 6) is 1.26. The molecule has 5 nitrogen and oxygen atoms in total. The standard InChI is InChI=1S/C20H24N2O3/c1-15(2)25-18-9-7-16(12-19(18)24-4)8-10-20(23)22(3)14-17-6-5-11-21-13-17/h5-13,15H,14H2,1-4H3/b10-8+. The SMILES string of the molecule is COc1cc(/C=C/C(=O)N(C)Cc2cccnc2)ccc1OC(C)C. The maximum atomic E-state index is 12.3. The highest BCUT2D eigenvalue weighted by atomic mass is 16.5. The van der Waals surface area contributed by atoms with Crippen molar-refractivity contribution in [3.63, 3.8) is 0 Å². The highest BCUT2D eigenvalue weighted by molar-refractivity contribution is 5.91. The second-order valence-corrected chi connectivity index (χ2v) is 5.97. The second-order valence-electron chi connectivity index (χ2n) is 5.97. The molecule has 25 heavy (non-hydrogen) atoms. The first-order valence-electron chi connectivity index (χ1n) is 8.16. The van der Waals surface area contributed by atoms with E-state index < -0.39 is 0 Å². The Balaban J connectivity index is 2.03. The number of aromatic nitrogens is 1. The summed E-state index contributed by atoms with van der Waals surface area (Å²) >= 11 is 0. The van der Waals surface area contributed by atoms with Gasteiger partial charge in [-0.2, -0.15) is 0 Å². The molecular weight excluding hydrogens is 316 g/mol. The van der Waals surface area contributed by atoms with Crippen LogP contribution in [-0.2, 0) is 11.3 Å². The first-order chi connectivity index (χ1) is 12.0. The topological polar surface area (TPSA) is 51.7 Å². The predicted molar refractivity (Wildman–Crippen MR) is 98.5 cm³/mol. The van der Waals surface area contributed by atoms with Crippen LogP contribution in [0, 0.1) is 0 Å². The Bertz CT molecular complexity index is 727. The van der Waals surface area contributed by atoms with Crippen LogP contribution in [0.4, 0.5) is 0 Å². The minimum atomic E-state index is -0.0784.